The summed E-state index contributed by atoms with van der Waals surface area (Å²) in [6.45, 7) is 6.11. The van der Waals surface area contributed by atoms with Crippen LogP contribution in [0.4, 0.5) is 0 Å². The molecule has 1 atom stereocenters. The van der Waals surface area contributed by atoms with Crippen molar-refractivity contribution in [2.45, 2.75) is 19.4 Å². The van der Waals surface area contributed by atoms with E-state index in [-0.39, 0.29) is 5.91 Å². The molecule has 0 aromatic heterocycles. The summed E-state index contributed by atoms with van der Waals surface area (Å²) in [6.07, 6.45) is 0.403. The number of hydrogen-bond donors (Lipinski definition) is 0. The van der Waals surface area contributed by atoms with Crippen molar-refractivity contribution in [3.05, 3.63) is 0 Å². The zero-order valence-corrected chi connectivity index (χ0v) is 11.0. The first-order valence-corrected chi connectivity index (χ1v) is 6.08. The van der Waals surface area contributed by atoms with Gasteiger partial charge in [0.2, 0.25) is 5.91 Å². The third-order valence-electron chi connectivity index (χ3n) is 3.29. The van der Waals surface area contributed by atoms with Gasteiger partial charge < -0.3 is 9.80 Å². The molecule has 0 bridgehead atoms. The van der Waals surface area contributed by atoms with E-state index in [9.17, 15) is 4.79 Å². The van der Waals surface area contributed by atoms with Crippen molar-refractivity contribution in [2.75, 3.05) is 46.8 Å². The lowest BCUT2D eigenvalue weighted by Gasteiger charge is -2.38. The molecule has 0 N–H and O–H groups in total. The molecule has 1 unspecified atom stereocenters. The first kappa shape index (κ1) is 13.9. The van der Waals surface area contributed by atoms with Crippen LogP contribution in [0.2, 0.25) is 0 Å². The number of nitriles is 1. The van der Waals surface area contributed by atoms with Gasteiger partial charge in [0.15, 0.2) is 0 Å². The highest BCUT2D eigenvalue weighted by molar-refractivity contribution is 5.78. The van der Waals surface area contributed by atoms with Gasteiger partial charge in [0.05, 0.1) is 19.0 Å². The van der Waals surface area contributed by atoms with Crippen LogP contribution in [0.5, 0.6) is 0 Å². The number of piperazine rings is 1. The van der Waals surface area contributed by atoms with E-state index in [2.05, 4.69) is 29.8 Å². The quantitative estimate of drug-likeness (QED) is 0.691. The predicted octanol–water partition coefficient (Wildman–Crippen LogP) is -0.00562. The van der Waals surface area contributed by atoms with Crippen LogP contribution in [0.25, 0.3) is 0 Å². The Balaban J connectivity index is 2.38. The summed E-state index contributed by atoms with van der Waals surface area (Å²) < 4.78 is 0. The molecule has 0 spiro atoms. The van der Waals surface area contributed by atoms with Crippen molar-refractivity contribution in [2.24, 2.45) is 0 Å². The second kappa shape index (κ2) is 6.58. The number of hydrogen-bond acceptors (Lipinski definition) is 4. The zero-order valence-electron chi connectivity index (χ0n) is 11.0. The normalized spacial score (nSPS) is 22.1. The third-order valence-corrected chi connectivity index (χ3v) is 3.29. The van der Waals surface area contributed by atoms with E-state index in [4.69, 9.17) is 5.26 Å². The van der Waals surface area contributed by atoms with Gasteiger partial charge in [-0.2, -0.15) is 5.26 Å². The molecule has 1 aliphatic heterocycles. The molecule has 1 aliphatic rings. The molecule has 1 fully saturated rings. The maximum Gasteiger partial charge on any atom is 0.236 e. The molecular weight excluding hydrogens is 216 g/mol. The highest BCUT2D eigenvalue weighted by Gasteiger charge is 2.24. The van der Waals surface area contributed by atoms with Crippen molar-refractivity contribution in [3.63, 3.8) is 0 Å². The molecule has 0 saturated carbocycles. The van der Waals surface area contributed by atoms with Gasteiger partial charge in [0.1, 0.15) is 0 Å². The Bertz CT molecular complexity index is 299. The molecule has 5 heteroatoms. The Hall–Kier alpha value is -1.12. The lowest BCUT2D eigenvalue weighted by Crippen LogP contribution is -2.53. The van der Waals surface area contributed by atoms with E-state index in [1.807, 2.05) is 0 Å². The Morgan fingerprint density at radius 1 is 1.53 bits per heavy atom. The number of likely N-dealkylation sites (N-methyl/N-ethyl adjacent to an activating group) is 2. The standard InChI is InChI=1S/C12H22N4O/c1-11-9-14(2)7-8-16(11)10-12(17)15(3)6-4-5-13/h11H,4,6-10H2,1-3H3. The fourth-order valence-corrected chi connectivity index (χ4v) is 2.05. The van der Waals surface area contributed by atoms with Crippen molar-refractivity contribution in [1.82, 2.24) is 14.7 Å². The summed E-state index contributed by atoms with van der Waals surface area (Å²) in [5, 5.41) is 8.49. The molecule has 0 aliphatic carbocycles. The minimum atomic E-state index is 0.108. The molecule has 1 heterocycles. The van der Waals surface area contributed by atoms with Crippen LogP contribution in [0.15, 0.2) is 0 Å². The summed E-state index contributed by atoms with van der Waals surface area (Å²) in [5.74, 6) is 0.108. The zero-order chi connectivity index (χ0) is 12.8. The maximum absolute atomic E-state index is 11.9. The van der Waals surface area contributed by atoms with E-state index in [0.29, 0.717) is 25.6 Å². The summed E-state index contributed by atoms with van der Waals surface area (Å²) in [4.78, 5) is 18.0. The highest BCUT2D eigenvalue weighted by atomic mass is 16.2. The first-order valence-electron chi connectivity index (χ1n) is 6.08. The average molecular weight is 238 g/mol. The maximum atomic E-state index is 11.9. The first-order chi connectivity index (χ1) is 8.04. The minimum Gasteiger partial charge on any atom is -0.344 e. The summed E-state index contributed by atoms with van der Waals surface area (Å²) in [5.41, 5.74) is 0. The van der Waals surface area contributed by atoms with E-state index >= 15 is 0 Å². The lowest BCUT2D eigenvalue weighted by atomic mass is 10.2. The summed E-state index contributed by atoms with van der Waals surface area (Å²) in [6, 6.07) is 2.48. The van der Waals surface area contributed by atoms with Gasteiger partial charge in [0.25, 0.3) is 0 Å². The molecule has 96 valence electrons. The number of carbonyl (C=O) groups is 1. The van der Waals surface area contributed by atoms with E-state index in [1.165, 1.54) is 0 Å². The van der Waals surface area contributed by atoms with Gasteiger partial charge in [-0.3, -0.25) is 9.69 Å². The van der Waals surface area contributed by atoms with Crippen LogP contribution < -0.4 is 0 Å². The Morgan fingerprint density at radius 2 is 2.24 bits per heavy atom. The van der Waals surface area contributed by atoms with Gasteiger partial charge in [-0.05, 0) is 14.0 Å². The van der Waals surface area contributed by atoms with Crippen LogP contribution in [-0.4, -0.2) is 73.5 Å². The summed E-state index contributed by atoms with van der Waals surface area (Å²) in [7, 11) is 3.87. The fraction of sp³-hybridized carbons (Fsp3) is 0.833. The van der Waals surface area contributed by atoms with Crippen LogP contribution in [0.3, 0.4) is 0 Å². The van der Waals surface area contributed by atoms with Crippen LogP contribution >= 0.6 is 0 Å². The molecule has 0 aromatic rings. The summed E-state index contributed by atoms with van der Waals surface area (Å²) >= 11 is 0. The Labute approximate surface area is 104 Å². The van der Waals surface area contributed by atoms with E-state index in [1.54, 1.807) is 11.9 Å². The fourth-order valence-electron chi connectivity index (χ4n) is 2.05. The molecule has 1 rings (SSSR count). The number of nitrogens with zero attached hydrogens (tertiary/aromatic N) is 4. The smallest absolute Gasteiger partial charge is 0.236 e. The molecule has 5 nitrogen and oxygen atoms in total. The van der Waals surface area contributed by atoms with Crippen molar-refractivity contribution in [1.29, 1.82) is 5.26 Å². The van der Waals surface area contributed by atoms with Crippen molar-refractivity contribution >= 4 is 5.91 Å². The van der Waals surface area contributed by atoms with E-state index in [0.717, 1.165) is 19.6 Å². The molecule has 0 radical (unpaired) electrons. The van der Waals surface area contributed by atoms with E-state index < -0.39 is 0 Å². The monoisotopic (exact) mass is 238 g/mol. The minimum absolute atomic E-state index is 0.108. The van der Waals surface area contributed by atoms with Crippen LogP contribution in [-0.2, 0) is 4.79 Å². The number of carbonyl (C=O) groups excluding carboxylic acids is 1. The second-order valence-electron chi connectivity index (χ2n) is 4.81. The van der Waals surface area contributed by atoms with Crippen LogP contribution in [0.1, 0.15) is 13.3 Å². The van der Waals surface area contributed by atoms with Gasteiger partial charge >= 0.3 is 0 Å². The highest BCUT2D eigenvalue weighted by Crippen LogP contribution is 2.07. The number of rotatable bonds is 4. The number of amides is 1. The Morgan fingerprint density at radius 3 is 2.82 bits per heavy atom. The lowest BCUT2D eigenvalue weighted by molar-refractivity contribution is -0.132. The largest absolute Gasteiger partial charge is 0.344 e. The molecule has 17 heavy (non-hydrogen) atoms. The molecule has 1 saturated heterocycles. The molecular formula is C12H22N4O. The predicted molar refractivity (Wildman–Crippen MR) is 66.4 cm³/mol. The van der Waals surface area contributed by atoms with Gasteiger partial charge in [-0.25, -0.2) is 0 Å². The SMILES string of the molecule is CC1CN(C)CCN1CC(=O)N(C)CCC#N. The second-order valence-corrected chi connectivity index (χ2v) is 4.81. The average Bonchev–Trinajstić information content (AvgIpc) is 2.29. The molecule has 0 aromatic carbocycles. The third kappa shape index (κ3) is 4.33. The Kier molecular flexibility index (Phi) is 5.39. The van der Waals surface area contributed by atoms with Gasteiger partial charge in [-0.1, -0.05) is 0 Å². The van der Waals surface area contributed by atoms with Crippen LogP contribution in [0, 0.1) is 11.3 Å². The molecule has 1 amide bonds. The topological polar surface area (TPSA) is 50.6 Å². The van der Waals surface area contributed by atoms with Gasteiger partial charge in [-0.15, -0.1) is 0 Å². The van der Waals surface area contributed by atoms with Gasteiger partial charge in [0, 0.05) is 39.3 Å². The van der Waals surface area contributed by atoms with Crippen molar-refractivity contribution in [3.8, 4) is 6.07 Å². The van der Waals surface area contributed by atoms with Crippen molar-refractivity contribution < 1.29 is 4.79 Å².